The summed E-state index contributed by atoms with van der Waals surface area (Å²) in [7, 11) is 0. The largest absolute Gasteiger partial charge is 0.478 e. The molecule has 0 fully saturated rings. The molecule has 3 aromatic heterocycles. The Morgan fingerprint density at radius 1 is 0.524 bits per heavy atom. The lowest BCUT2D eigenvalue weighted by Gasteiger charge is -2.08. The Bertz CT molecular complexity index is 1510. The lowest BCUT2D eigenvalue weighted by molar-refractivity contribution is -0.687. The van der Waals surface area contributed by atoms with Crippen LogP contribution in [0.4, 0.5) is 0 Å². The van der Waals surface area contributed by atoms with Crippen LogP contribution < -0.4 is 13.7 Å². The molecule has 222 valence electrons. The molecule has 0 aliphatic heterocycles. The molecule has 0 radical (unpaired) electrons. The van der Waals surface area contributed by atoms with Crippen molar-refractivity contribution in [2.45, 2.75) is 39.3 Å². The molecule has 18 heteroatoms. The third-order valence-corrected chi connectivity index (χ3v) is 8.61. The summed E-state index contributed by atoms with van der Waals surface area (Å²) in [5.41, 5.74) is 2.21. The monoisotopic (exact) mass is 699 g/mol. The molecule has 4 aromatic rings. The summed E-state index contributed by atoms with van der Waals surface area (Å²) < 4.78 is 8.62. The van der Waals surface area contributed by atoms with Crippen LogP contribution in [-0.4, -0.2) is 46.9 Å². The zero-order chi connectivity index (χ0) is 30.9. The van der Waals surface area contributed by atoms with Crippen LogP contribution in [0.25, 0.3) is 0 Å². The summed E-state index contributed by atoms with van der Waals surface area (Å²) >= 11 is 37.9. The molecule has 0 aliphatic rings. The second kappa shape index (κ2) is 13.1. The first kappa shape index (κ1) is 31.9. The van der Waals surface area contributed by atoms with E-state index < -0.39 is 17.9 Å². The molecule has 0 aliphatic carbocycles. The van der Waals surface area contributed by atoms with Gasteiger partial charge in [-0.2, -0.15) is 0 Å². The van der Waals surface area contributed by atoms with Crippen LogP contribution in [0.5, 0.6) is 0 Å². The Labute approximate surface area is 267 Å². The number of carboxylic acid groups (broad SMARTS) is 3. The number of hydrogen-bond acceptors (Lipinski definition) is 3. The fraction of sp³-hybridized carbons (Fsp3) is 0.250. The molecule has 3 N–H and O–H groups in total. The third-order valence-electron chi connectivity index (χ3n) is 5.95. The number of halogens is 6. The molecule has 0 spiro atoms. The van der Waals surface area contributed by atoms with E-state index in [1.54, 1.807) is 13.7 Å². The van der Waals surface area contributed by atoms with E-state index in [2.05, 4.69) is 0 Å². The summed E-state index contributed by atoms with van der Waals surface area (Å²) in [6, 6.07) is 5.57. The summed E-state index contributed by atoms with van der Waals surface area (Å²) in [4.78, 5) is 33.6. The summed E-state index contributed by atoms with van der Waals surface area (Å²) in [5.74, 6) is -3.28. The van der Waals surface area contributed by atoms with Crippen molar-refractivity contribution >= 4 is 87.5 Å². The lowest BCUT2D eigenvalue weighted by atomic mass is 10.0. The molecule has 42 heavy (non-hydrogen) atoms. The van der Waals surface area contributed by atoms with E-state index in [-0.39, 0.29) is 70.2 Å². The molecule has 0 saturated carbocycles. The van der Waals surface area contributed by atoms with E-state index >= 15 is 0 Å². The van der Waals surface area contributed by atoms with Gasteiger partial charge in [0.25, 0.3) is 30.9 Å². The SMILES string of the molecule is O=C(O)Cn1c[n+](Cc2cc(C[n+]3cn(CC(=O)O)c(Cl)c3Cl)cc(C[n+]3cn(CC(=O)O)c(Cl)c3Cl)c2)c(Cl)c1Cl. The molecule has 0 unspecified atom stereocenters. The normalized spacial score (nSPS) is 11.3. The molecule has 0 amide bonds. The van der Waals surface area contributed by atoms with Crippen molar-refractivity contribution in [1.82, 2.24) is 13.7 Å². The Hall–Kier alpha value is -3.00. The zero-order valence-corrected chi connectivity index (χ0v) is 25.8. The maximum atomic E-state index is 11.2. The minimum Gasteiger partial charge on any atom is -0.478 e. The average Bonchev–Trinajstić information content (AvgIpc) is 3.41. The number of rotatable bonds is 12. The van der Waals surface area contributed by atoms with Gasteiger partial charge in [0.05, 0.1) is 0 Å². The second-order valence-electron chi connectivity index (χ2n) is 9.20. The molecule has 1 aromatic carbocycles. The second-order valence-corrected chi connectivity index (χ2v) is 11.3. The molecule has 12 nitrogen and oxygen atoms in total. The average molecular weight is 702 g/mol. The Balaban J connectivity index is 1.74. The van der Waals surface area contributed by atoms with Gasteiger partial charge in [0, 0.05) is 0 Å². The number of carbonyl (C=O) groups is 3. The Morgan fingerprint density at radius 2 is 0.762 bits per heavy atom. The van der Waals surface area contributed by atoms with Gasteiger partial charge in [-0.25, -0.2) is 41.8 Å². The number of aliphatic carboxylic acids is 3. The minimum atomic E-state index is -1.09. The minimum absolute atomic E-state index is 0.0592. The first-order chi connectivity index (χ1) is 19.7. The van der Waals surface area contributed by atoms with Crippen molar-refractivity contribution in [3.63, 3.8) is 0 Å². The van der Waals surface area contributed by atoms with Gasteiger partial charge in [-0.1, -0.05) is 0 Å². The van der Waals surface area contributed by atoms with E-state index in [9.17, 15) is 29.7 Å². The highest BCUT2D eigenvalue weighted by Gasteiger charge is 2.26. The maximum Gasteiger partial charge on any atom is 0.346 e. The quantitative estimate of drug-likeness (QED) is 0.194. The summed E-state index contributed by atoms with van der Waals surface area (Å²) in [6.07, 6.45) is 4.46. The molecule has 4 rings (SSSR count). The number of imidazole rings is 3. The fourth-order valence-corrected chi connectivity index (χ4v) is 5.59. The number of nitrogens with zero attached hydrogens (tertiary/aromatic N) is 6. The molecular weight excluding hydrogens is 681 g/mol. The highest BCUT2D eigenvalue weighted by molar-refractivity contribution is 6.40. The van der Waals surface area contributed by atoms with Gasteiger partial charge in [0.15, 0.2) is 19.6 Å². The standard InChI is InChI=1S/C24H18Cl6N6O6/c25-19-22(28)34(7-16(37)38)10-31(19)4-13-1-14(5-32-11-35(8-17(39)40)23(29)20(32)26)3-15(2-13)6-33-12-36(9-18(41)42)24(30)21(33)27/h1-3,10-12H,4-9H2/p+3. The van der Waals surface area contributed by atoms with E-state index in [1.165, 1.54) is 32.7 Å². The van der Waals surface area contributed by atoms with Crippen LogP contribution in [0.1, 0.15) is 16.7 Å². The predicted molar refractivity (Wildman–Crippen MR) is 151 cm³/mol. The third kappa shape index (κ3) is 7.31. The van der Waals surface area contributed by atoms with E-state index in [4.69, 9.17) is 69.6 Å². The first-order valence-electron chi connectivity index (χ1n) is 11.8. The fourth-order valence-electron chi connectivity index (χ4n) is 4.32. The van der Waals surface area contributed by atoms with Crippen molar-refractivity contribution in [3.8, 4) is 0 Å². The molecular formula is C24H21Cl6N6O6+3. The van der Waals surface area contributed by atoms with Gasteiger partial charge in [-0.05, 0) is 104 Å². The van der Waals surface area contributed by atoms with Crippen molar-refractivity contribution < 1.29 is 43.4 Å². The number of hydrogen-bond donors (Lipinski definition) is 3. The van der Waals surface area contributed by atoms with Crippen molar-refractivity contribution in [2.75, 3.05) is 0 Å². The lowest BCUT2D eigenvalue weighted by Crippen LogP contribution is -2.36. The van der Waals surface area contributed by atoms with Crippen LogP contribution in [0.3, 0.4) is 0 Å². The van der Waals surface area contributed by atoms with Gasteiger partial charge < -0.3 is 15.3 Å². The number of carboxylic acids is 3. The van der Waals surface area contributed by atoms with Crippen LogP contribution >= 0.6 is 69.6 Å². The smallest absolute Gasteiger partial charge is 0.346 e. The van der Waals surface area contributed by atoms with Crippen LogP contribution in [0.2, 0.25) is 30.9 Å². The Kier molecular flexibility index (Phi) is 9.96. The van der Waals surface area contributed by atoms with Gasteiger partial charge >= 0.3 is 17.9 Å². The Morgan fingerprint density at radius 3 is 0.976 bits per heavy atom. The molecule has 3 heterocycles. The number of benzene rings is 1. The van der Waals surface area contributed by atoms with E-state index in [0.29, 0.717) is 0 Å². The molecule has 0 saturated heterocycles. The van der Waals surface area contributed by atoms with Gasteiger partial charge in [0.2, 0.25) is 19.0 Å². The molecule has 0 atom stereocenters. The highest BCUT2D eigenvalue weighted by atomic mass is 35.5. The van der Waals surface area contributed by atoms with Gasteiger partial charge in [-0.3, -0.25) is 0 Å². The van der Waals surface area contributed by atoms with Crippen molar-refractivity contribution in [3.05, 3.63) is 84.8 Å². The first-order valence-corrected chi connectivity index (χ1v) is 14.1. The van der Waals surface area contributed by atoms with Crippen LogP contribution in [0, 0.1) is 0 Å². The molecule has 0 bridgehead atoms. The van der Waals surface area contributed by atoms with E-state index in [1.807, 2.05) is 18.2 Å². The van der Waals surface area contributed by atoms with Gasteiger partial charge in [0.1, 0.15) is 19.6 Å². The maximum absolute atomic E-state index is 11.2. The van der Waals surface area contributed by atoms with Crippen molar-refractivity contribution in [2.24, 2.45) is 0 Å². The van der Waals surface area contributed by atoms with Crippen LogP contribution in [0.15, 0.2) is 37.2 Å². The predicted octanol–water partition coefficient (Wildman–Crippen LogP) is 3.27. The zero-order valence-electron chi connectivity index (χ0n) is 21.2. The van der Waals surface area contributed by atoms with Crippen molar-refractivity contribution in [1.29, 1.82) is 0 Å². The van der Waals surface area contributed by atoms with Crippen LogP contribution in [-0.2, 0) is 53.7 Å². The highest BCUT2D eigenvalue weighted by Crippen LogP contribution is 2.23. The summed E-state index contributed by atoms with van der Waals surface area (Å²) in [6.45, 7) is -0.560. The van der Waals surface area contributed by atoms with E-state index in [0.717, 1.165) is 16.7 Å². The number of aromatic nitrogens is 6. The van der Waals surface area contributed by atoms with Gasteiger partial charge in [-0.15, -0.1) is 0 Å². The topological polar surface area (TPSA) is 138 Å². The summed E-state index contributed by atoms with van der Waals surface area (Å²) in [5, 5.41) is 28.1.